The van der Waals surface area contributed by atoms with Gasteiger partial charge in [0.05, 0.1) is 0 Å². The molecule has 0 amide bonds. The zero-order valence-corrected chi connectivity index (χ0v) is 13.5. The lowest BCUT2D eigenvalue weighted by Gasteiger charge is -2.22. The van der Waals surface area contributed by atoms with Gasteiger partial charge in [-0.15, -0.1) is 0 Å². The van der Waals surface area contributed by atoms with E-state index >= 15 is 0 Å². The van der Waals surface area contributed by atoms with Crippen LogP contribution in [0.1, 0.15) is 44.9 Å². The third-order valence-corrected chi connectivity index (χ3v) is 6.52. The molecule has 0 aromatic carbocycles. The number of hydrogen-bond acceptors (Lipinski definition) is 2. The minimum absolute atomic E-state index is 0.736. The van der Waals surface area contributed by atoms with Crippen LogP contribution >= 0.6 is 0 Å². The summed E-state index contributed by atoms with van der Waals surface area (Å²) in [6.07, 6.45) is 12.2. The largest absolute Gasteiger partial charge is 0.338 e. The zero-order valence-electron chi connectivity index (χ0n) is 13.5. The molecule has 5 atom stereocenters. The van der Waals surface area contributed by atoms with Crippen LogP contribution in [0.5, 0.6) is 0 Å². The van der Waals surface area contributed by atoms with E-state index in [0.717, 1.165) is 42.1 Å². The second-order valence-corrected chi connectivity index (χ2v) is 7.62. The molecule has 3 saturated carbocycles. The van der Waals surface area contributed by atoms with Crippen LogP contribution in [0.2, 0.25) is 0 Å². The van der Waals surface area contributed by atoms with Crippen molar-refractivity contribution in [3.63, 3.8) is 0 Å². The maximum atomic E-state index is 4.50. The number of rotatable bonds is 7. The van der Waals surface area contributed by atoms with Crippen molar-refractivity contribution in [2.45, 2.75) is 51.5 Å². The van der Waals surface area contributed by atoms with Gasteiger partial charge in [-0.05, 0) is 68.2 Å². The molecule has 21 heavy (non-hydrogen) atoms. The summed E-state index contributed by atoms with van der Waals surface area (Å²) in [4.78, 5) is 4.50. The smallest absolute Gasteiger partial charge is 0.108 e. The van der Waals surface area contributed by atoms with Crippen molar-refractivity contribution >= 4 is 0 Å². The third kappa shape index (κ3) is 2.34. The average Bonchev–Trinajstić information content (AvgIpc) is 2.82. The molecule has 2 bridgehead atoms. The Kier molecular flexibility index (Phi) is 3.56. The Bertz CT molecular complexity index is 478. The van der Waals surface area contributed by atoms with E-state index in [2.05, 4.69) is 35.0 Å². The van der Waals surface area contributed by atoms with Gasteiger partial charge in [0.1, 0.15) is 5.82 Å². The molecule has 3 aliphatic carbocycles. The number of aromatic nitrogens is 2. The molecule has 1 N–H and O–H groups in total. The Balaban J connectivity index is 1.39. The van der Waals surface area contributed by atoms with Crippen LogP contribution in [-0.4, -0.2) is 22.1 Å². The van der Waals surface area contributed by atoms with Crippen LogP contribution in [0.25, 0.3) is 0 Å². The summed E-state index contributed by atoms with van der Waals surface area (Å²) < 4.78 is 2.17. The minimum Gasteiger partial charge on any atom is -0.338 e. The number of aryl methyl sites for hydroxylation is 2. The maximum Gasteiger partial charge on any atom is 0.108 e. The van der Waals surface area contributed by atoms with Crippen LogP contribution in [-0.2, 0) is 13.5 Å². The summed E-state index contributed by atoms with van der Waals surface area (Å²) in [7, 11) is 2.11. The lowest BCUT2D eigenvalue weighted by molar-refractivity contribution is 0.346. The molecule has 3 heteroatoms. The molecule has 3 fully saturated rings. The summed E-state index contributed by atoms with van der Waals surface area (Å²) in [5.41, 5.74) is 0. The van der Waals surface area contributed by atoms with Gasteiger partial charge in [-0.25, -0.2) is 4.98 Å². The molecular formula is C18H29N3. The minimum atomic E-state index is 0.736. The number of imidazole rings is 1. The zero-order chi connectivity index (χ0) is 14.4. The highest BCUT2D eigenvalue weighted by atomic mass is 15.0. The average molecular weight is 287 g/mol. The molecule has 3 nitrogen and oxygen atoms in total. The van der Waals surface area contributed by atoms with Crippen molar-refractivity contribution in [1.82, 2.24) is 14.9 Å². The molecule has 116 valence electrons. The number of nitrogens with one attached hydrogen (secondary N) is 1. The lowest BCUT2D eigenvalue weighted by atomic mass is 9.94. The van der Waals surface area contributed by atoms with Gasteiger partial charge in [-0.2, -0.15) is 0 Å². The monoisotopic (exact) mass is 287 g/mol. The first-order valence-electron chi connectivity index (χ1n) is 8.99. The van der Waals surface area contributed by atoms with Crippen molar-refractivity contribution < 1.29 is 0 Å². The van der Waals surface area contributed by atoms with Gasteiger partial charge in [0.25, 0.3) is 0 Å². The topological polar surface area (TPSA) is 29.9 Å². The van der Waals surface area contributed by atoms with Gasteiger partial charge >= 0.3 is 0 Å². The van der Waals surface area contributed by atoms with E-state index in [-0.39, 0.29) is 0 Å². The van der Waals surface area contributed by atoms with E-state index in [0.29, 0.717) is 0 Å². The van der Waals surface area contributed by atoms with Crippen molar-refractivity contribution in [1.29, 1.82) is 0 Å². The predicted molar refractivity (Wildman–Crippen MR) is 84.9 cm³/mol. The van der Waals surface area contributed by atoms with Crippen molar-refractivity contribution in [3.8, 4) is 0 Å². The molecular weight excluding hydrogens is 258 g/mol. The standard InChI is InChI=1S/C18H29N3/c1-3-8-19-14(6-7-15-20-9-10-21(15)2)18-16-12-4-5-13(11-12)17(16)18/h9-10,12-14,16-19H,3-8,11H2,1-2H3. The second-order valence-electron chi connectivity index (χ2n) is 7.62. The fourth-order valence-corrected chi connectivity index (χ4v) is 5.61. The highest BCUT2D eigenvalue weighted by Gasteiger charge is 2.66. The molecule has 0 radical (unpaired) electrons. The van der Waals surface area contributed by atoms with Crippen LogP contribution in [0, 0.1) is 29.6 Å². The summed E-state index contributed by atoms with van der Waals surface area (Å²) in [5, 5.41) is 3.87. The van der Waals surface area contributed by atoms with E-state index in [4.69, 9.17) is 0 Å². The first kappa shape index (κ1) is 13.8. The van der Waals surface area contributed by atoms with E-state index in [1.165, 1.54) is 38.1 Å². The van der Waals surface area contributed by atoms with E-state index < -0.39 is 0 Å². The van der Waals surface area contributed by atoms with Crippen LogP contribution in [0.4, 0.5) is 0 Å². The van der Waals surface area contributed by atoms with Gasteiger partial charge in [0, 0.05) is 31.9 Å². The fourth-order valence-electron chi connectivity index (χ4n) is 5.61. The molecule has 3 aliphatic rings. The second kappa shape index (κ2) is 5.42. The molecule has 0 saturated heterocycles. The lowest BCUT2D eigenvalue weighted by Crippen LogP contribution is -2.34. The Labute approximate surface area is 128 Å². The molecule has 0 aliphatic heterocycles. The first-order chi connectivity index (χ1) is 10.3. The number of nitrogens with zero attached hydrogens (tertiary/aromatic N) is 2. The quantitative estimate of drug-likeness (QED) is 0.835. The van der Waals surface area contributed by atoms with Crippen molar-refractivity contribution in [2.75, 3.05) is 6.54 Å². The van der Waals surface area contributed by atoms with Gasteiger partial charge in [0.15, 0.2) is 0 Å². The summed E-state index contributed by atoms with van der Waals surface area (Å²) in [6, 6.07) is 0.736. The Morgan fingerprint density at radius 1 is 1.33 bits per heavy atom. The third-order valence-electron chi connectivity index (χ3n) is 6.52. The summed E-state index contributed by atoms with van der Waals surface area (Å²) in [6.45, 7) is 3.46. The fraction of sp³-hybridized carbons (Fsp3) is 0.833. The highest BCUT2D eigenvalue weighted by molar-refractivity contribution is 5.16. The van der Waals surface area contributed by atoms with E-state index in [1.54, 1.807) is 6.42 Å². The van der Waals surface area contributed by atoms with E-state index in [1.807, 2.05) is 6.20 Å². The molecule has 5 unspecified atom stereocenters. The Hall–Kier alpha value is -0.830. The molecule has 1 aromatic heterocycles. The number of hydrogen-bond donors (Lipinski definition) is 1. The maximum absolute atomic E-state index is 4.50. The molecule has 0 spiro atoms. The van der Waals surface area contributed by atoms with Gasteiger partial charge in [0.2, 0.25) is 0 Å². The Morgan fingerprint density at radius 3 is 2.71 bits per heavy atom. The van der Waals surface area contributed by atoms with Crippen molar-refractivity contribution in [3.05, 3.63) is 18.2 Å². The Morgan fingerprint density at radius 2 is 2.10 bits per heavy atom. The normalized spacial score (nSPS) is 37.7. The first-order valence-corrected chi connectivity index (χ1v) is 8.99. The van der Waals surface area contributed by atoms with Crippen LogP contribution < -0.4 is 5.32 Å². The van der Waals surface area contributed by atoms with Crippen molar-refractivity contribution in [2.24, 2.45) is 36.6 Å². The van der Waals surface area contributed by atoms with Gasteiger partial charge in [-0.3, -0.25) is 0 Å². The molecule has 1 aromatic rings. The highest BCUT2D eigenvalue weighted by Crippen LogP contribution is 2.70. The summed E-state index contributed by atoms with van der Waals surface area (Å²) >= 11 is 0. The van der Waals surface area contributed by atoms with Gasteiger partial charge < -0.3 is 9.88 Å². The number of fused-ring (bicyclic) bond motifs is 5. The predicted octanol–water partition coefficient (Wildman–Crippen LogP) is 3.01. The van der Waals surface area contributed by atoms with E-state index in [9.17, 15) is 0 Å². The van der Waals surface area contributed by atoms with Gasteiger partial charge in [-0.1, -0.05) is 6.92 Å². The molecule has 1 heterocycles. The summed E-state index contributed by atoms with van der Waals surface area (Å²) in [5.74, 6) is 6.57. The molecule has 4 rings (SSSR count). The SMILES string of the molecule is CCCNC(CCc1nccn1C)C1C2C3CCC(C3)C21. The van der Waals surface area contributed by atoms with Crippen LogP contribution in [0.3, 0.4) is 0 Å². The van der Waals surface area contributed by atoms with Crippen LogP contribution in [0.15, 0.2) is 12.4 Å².